The van der Waals surface area contributed by atoms with Crippen LogP contribution in [0.25, 0.3) is 11.0 Å². The summed E-state index contributed by atoms with van der Waals surface area (Å²) in [6.07, 6.45) is 3.36. The van der Waals surface area contributed by atoms with E-state index in [1.165, 1.54) is 12.4 Å². The number of Topliss-reactive ketones (excluding diaryl/α,β-unsaturated/α-hetero) is 1. The molecule has 2 amide bonds. The molecule has 0 radical (unpaired) electrons. The van der Waals surface area contributed by atoms with Crippen molar-refractivity contribution < 1.29 is 27.2 Å². The van der Waals surface area contributed by atoms with Gasteiger partial charge >= 0.3 is 0 Å². The largest absolute Gasteiger partial charge is 0.451 e. The Balaban J connectivity index is 1.42. The molecule has 2 atom stereocenters. The van der Waals surface area contributed by atoms with Crippen molar-refractivity contribution >= 4 is 38.6 Å². The number of carbonyl (C=O) groups is 3. The van der Waals surface area contributed by atoms with E-state index in [0.717, 1.165) is 9.69 Å². The SMILES string of the molecule is CC(C)C(NC(=O)c1cc2ccccc2o1)C(=O)NC1CCCN(S(=O)(=O)c2ncc[nH]2)CC1=O. The number of sulfonamides is 1. The normalized spacial score (nSPS) is 18.4. The van der Waals surface area contributed by atoms with Crippen molar-refractivity contribution in [3.8, 4) is 0 Å². The summed E-state index contributed by atoms with van der Waals surface area (Å²) in [5.41, 5.74) is 0.557. The summed E-state index contributed by atoms with van der Waals surface area (Å²) in [6, 6.07) is 6.99. The first-order valence-electron chi connectivity index (χ1n) is 11.3. The molecular weight excluding hydrogens is 474 g/mol. The van der Waals surface area contributed by atoms with Crippen molar-refractivity contribution in [2.45, 2.75) is 43.9 Å². The molecule has 1 aromatic carbocycles. The zero-order chi connectivity index (χ0) is 25.2. The number of carbonyl (C=O) groups excluding carboxylic acids is 3. The van der Waals surface area contributed by atoms with Gasteiger partial charge in [-0.05, 0) is 30.9 Å². The third-order valence-electron chi connectivity index (χ3n) is 5.88. The number of aromatic nitrogens is 2. The number of H-pyrrole nitrogens is 1. The molecule has 0 bridgehead atoms. The number of rotatable bonds is 7. The Morgan fingerprint density at radius 3 is 2.71 bits per heavy atom. The van der Waals surface area contributed by atoms with E-state index in [1.54, 1.807) is 32.0 Å². The number of amides is 2. The van der Waals surface area contributed by atoms with Crippen LogP contribution >= 0.6 is 0 Å². The van der Waals surface area contributed by atoms with Gasteiger partial charge < -0.3 is 20.0 Å². The van der Waals surface area contributed by atoms with E-state index in [4.69, 9.17) is 4.42 Å². The fourth-order valence-corrected chi connectivity index (χ4v) is 5.29. The summed E-state index contributed by atoms with van der Waals surface area (Å²) in [6.45, 7) is 3.29. The maximum absolute atomic E-state index is 13.1. The molecule has 4 rings (SSSR count). The van der Waals surface area contributed by atoms with Crippen LogP contribution in [0.3, 0.4) is 0 Å². The summed E-state index contributed by atoms with van der Waals surface area (Å²) >= 11 is 0. The van der Waals surface area contributed by atoms with Crippen LogP contribution in [0.15, 0.2) is 52.3 Å². The Kier molecular flexibility index (Phi) is 7.03. The van der Waals surface area contributed by atoms with Crippen LogP contribution < -0.4 is 10.6 Å². The molecule has 11 nitrogen and oxygen atoms in total. The molecule has 1 aliphatic rings. The van der Waals surface area contributed by atoms with Gasteiger partial charge in [0.15, 0.2) is 11.5 Å². The van der Waals surface area contributed by atoms with Crippen molar-refractivity contribution in [2.24, 2.45) is 5.92 Å². The quantitative estimate of drug-likeness (QED) is 0.443. The first-order valence-corrected chi connectivity index (χ1v) is 12.7. The lowest BCUT2D eigenvalue weighted by molar-refractivity contribution is -0.129. The number of nitrogens with one attached hydrogen (secondary N) is 3. The van der Waals surface area contributed by atoms with Crippen LogP contribution in [-0.2, 0) is 19.6 Å². The van der Waals surface area contributed by atoms with E-state index in [9.17, 15) is 22.8 Å². The van der Waals surface area contributed by atoms with Crippen molar-refractivity contribution in [1.82, 2.24) is 24.9 Å². The zero-order valence-electron chi connectivity index (χ0n) is 19.4. The van der Waals surface area contributed by atoms with Crippen LogP contribution in [0.5, 0.6) is 0 Å². The molecular formula is C23H27N5O6S. The lowest BCUT2D eigenvalue weighted by Crippen LogP contribution is -2.54. The van der Waals surface area contributed by atoms with Crippen molar-refractivity contribution in [2.75, 3.05) is 13.1 Å². The minimum Gasteiger partial charge on any atom is -0.451 e. The second kappa shape index (κ2) is 10.0. The summed E-state index contributed by atoms with van der Waals surface area (Å²) in [5.74, 6) is -1.70. The molecule has 0 aliphatic carbocycles. The number of nitrogens with zero attached hydrogens (tertiary/aromatic N) is 2. The number of fused-ring (bicyclic) bond motifs is 1. The number of para-hydroxylation sites is 1. The highest BCUT2D eigenvalue weighted by Crippen LogP contribution is 2.20. The molecule has 2 unspecified atom stereocenters. The number of hydrogen-bond acceptors (Lipinski definition) is 7. The molecule has 0 spiro atoms. The maximum atomic E-state index is 13.1. The molecule has 35 heavy (non-hydrogen) atoms. The standard InChI is InChI=1S/C23H27N5O6S/c1-14(2)20(27-21(30)19-12-15-6-3-4-8-18(15)34-19)22(31)26-16-7-5-11-28(13-17(16)29)35(32,33)23-24-9-10-25-23/h3-4,6,8-10,12,14,16,20H,5,7,11,13H2,1-2H3,(H,24,25)(H,26,31)(H,27,30). The van der Waals surface area contributed by atoms with E-state index in [1.807, 2.05) is 12.1 Å². The fraction of sp³-hybridized carbons (Fsp3) is 0.391. The highest BCUT2D eigenvalue weighted by atomic mass is 32.2. The van der Waals surface area contributed by atoms with E-state index in [2.05, 4.69) is 20.6 Å². The number of hydrogen-bond donors (Lipinski definition) is 3. The third-order valence-corrected chi connectivity index (χ3v) is 7.58. The molecule has 1 aliphatic heterocycles. The molecule has 12 heteroatoms. The van der Waals surface area contributed by atoms with Crippen molar-refractivity contribution in [1.29, 1.82) is 0 Å². The first kappa shape index (κ1) is 24.6. The lowest BCUT2D eigenvalue weighted by atomic mass is 10.0. The molecule has 1 fully saturated rings. The lowest BCUT2D eigenvalue weighted by Gasteiger charge is -2.24. The van der Waals surface area contributed by atoms with E-state index >= 15 is 0 Å². The number of benzene rings is 1. The highest BCUT2D eigenvalue weighted by molar-refractivity contribution is 7.89. The molecule has 3 N–H and O–H groups in total. The summed E-state index contributed by atoms with van der Waals surface area (Å²) in [7, 11) is -3.95. The average Bonchev–Trinajstić information content (AvgIpc) is 3.47. The van der Waals surface area contributed by atoms with Crippen LogP contribution in [0.2, 0.25) is 0 Å². The maximum Gasteiger partial charge on any atom is 0.287 e. The topological polar surface area (TPSA) is 154 Å². The van der Waals surface area contributed by atoms with Gasteiger partial charge in [-0.2, -0.15) is 4.31 Å². The highest BCUT2D eigenvalue weighted by Gasteiger charge is 2.35. The second-order valence-electron chi connectivity index (χ2n) is 8.75. The Labute approximate surface area is 202 Å². The molecule has 0 saturated carbocycles. The summed E-state index contributed by atoms with van der Waals surface area (Å²) in [5, 5.41) is 5.92. The van der Waals surface area contributed by atoms with Gasteiger partial charge in [0, 0.05) is 24.3 Å². The van der Waals surface area contributed by atoms with Crippen LogP contribution in [0.1, 0.15) is 37.2 Å². The molecule has 3 aromatic rings. The summed E-state index contributed by atoms with van der Waals surface area (Å²) in [4.78, 5) is 45.0. The molecule has 3 heterocycles. The van der Waals surface area contributed by atoms with Crippen LogP contribution in [0, 0.1) is 5.92 Å². The fourth-order valence-electron chi connectivity index (χ4n) is 3.97. The van der Waals surface area contributed by atoms with Gasteiger partial charge in [0.2, 0.25) is 11.1 Å². The second-order valence-corrected chi connectivity index (χ2v) is 10.6. The van der Waals surface area contributed by atoms with Gasteiger partial charge in [-0.3, -0.25) is 14.4 Å². The molecule has 2 aromatic heterocycles. The van der Waals surface area contributed by atoms with Gasteiger partial charge in [-0.25, -0.2) is 13.4 Å². The Morgan fingerprint density at radius 1 is 1.26 bits per heavy atom. The molecule has 186 valence electrons. The number of furan rings is 1. The first-order chi connectivity index (χ1) is 16.7. The number of imidazole rings is 1. The van der Waals surface area contributed by atoms with Crippen LogP contribution in [0.4, 0.5) is 0 Å². The van der Waals surface area contributed by atoms with Crippen molar-refractivity contribution in [3.63, 3.8) is 0 Å². The predicted molar refractivity (Wildman–Crippen MR) is 126 cm³/mol. The number of ketones is 1. The van der Waals surface area contributed by atoms with E-state index in [0.29, 0.717) is 12.0 Å². The third kappa shape index (κ3) is 5.28. The molecule has 1 saturated heterocycles. The predicted octanol–water partition coefficient (Wildman–Crippen LogP) is 1.45. The minimum atomic E-state index is -3.95. The average molecular weight is 502 g/mol. The van der Waals surface area contributed by atoms with Gasteiger partial charge in [-0.1, -0.05) is 32.0 Å². The summed E-state index contributed by atoms with van der Waals surface area (Å²) < 4.78 is 32.1. The van der Waals surface area contributed by atoms with E-state index in [-0.39, 0.29) is 36.3 Å². The van der Waals surface area contributed by atoms with Gasteiger partial charge in [0.1, 0.15) is 11.6 Å². The monoisotopic (exact) mass is 501 g/mol. The van der Waals surface area contributed by atoms with Gasteiger partial charge in [0.25, 0.3) is 15.9 Å². The van der Waals surface area contributed by atoms with Crippen LogP contribution in [-0.4, -0.2) is 65.5 Å². The Hall–Kier alpha value is -3.51. The number of aromatic amines is 1. The smallest absolute Gasteiger partial charge is 0.287 e. The Morgan fingerprint density at radius 2 is 2.03 bits per heavy atom. The van der Waals surface area contributed by atoms with Gasteiger partial charge in [-0.15, -0.1) is 0 Å². The van der Waals surface area contributed by atoms with E-state index < -0.39 is 39.7 Å². The Bertz CT molecular complexity index is 1300. The van der Waals surface area contributed by atoms with Crippen molar-refractivity contribution in [3.05, 3.63) is 48.5 Å². The zero-order valence-corrected chi connectivity index (χ0v) is 20.2. The minimum absolute atomic E-state index is 0.0777. The van der Waals surface area contributed by atoms with Gasteiger partial charge in [0.05, 0.1) is 12.6 Å².